The normalized spacial score (nSPS) is 10.5. The van der Waals surface area contributed by atoms with Crippen molar-refractivity contribution in [2.45, 2.75) is 26.5 Å². The first-order valence-electron chi connectivity index (χ1n) is 6.94. The average Bonchev–Trinajstić information content (AvgIpc) is 2.47. The summed E-state index contributed by atoms with van der Waals surface area (Å²) in [5.41, 5.74) is 1.19. The van der Waals surface area contributed by atoms with Gasteiger partial charge in [0.15, 0.2) is 0 Å². The molecule has 0 bridgehead atoms. The van der Waals surface area contributed by atoms with E-state index < -0.39 is 0 Å². The molecule has 0 unspecified atom stereocenters. The van der Waals surface area contributed by atoms with Gasteiger partial charge in [0.2, 0.25) is 11.9 Å². The average molecular weight is 287 g/mol. The molecule has 0 spiro atoms. The summed E-state index contributed by atoms with van der Waals surface area (Å²) in [6, 6.07) is 10.5. The van der Waals surface area contributed by atoms with Gasteiger partial charge < -0.3 is 15.0 Å². The van der Waals surface area contributed by atoms with Gasteiger partial charge in [-0.1, -0.05) is 30.3 Å². The number of hydrogen-bond donors (Lipinski definition) is 1. The molecule has 0 amide bonds. The van der Waals surface area contributed by atoms with Gasteiger partial charge in [-0.3, -0.25) is 0 Å². The molecule has 0 aliphatic rings. The number of hydrogen-bond acceptors (Lipinski definition) is 6. The van der Waals surface area contributed by atoms with E-state index in [1.54, 1.807) is 7.05 Å². The molecule has 6 heteroatoms. The topological polar surface area (TPSA) is 63.2 Å². The number of benzene rings is 1. The molecule has 21 heavy (non-hydrogen) atoms. The van der Waals surface area contributed by atoms with Crippen molar-refractivity contribution in [3.05, 3.63) is 35.9 Å². The number of nitrogens with one attached hydrogen (secondary N) is 1. The van der Waals surface area contributed by atoms with Crippen molar-refractivity contribution in [2.24, 2.45) is 0 Å². The van der Waals surface area contributed by atoms with E-state index in [-0.39, 0.29) is 6.10 Å². The summed E-state index contributed by atoms with van der Waals surface area (Å²) in [5.74, 6) is 1.07. The maximum atomic E-state index is 5.57. The molecule has 0 atom stereocenters. The van der Waals surface area contributed by atoms with E-state index in [2.05, 4.69) is 32.4 Å². The first-order chi connectivity index (χ1) is 10.1. The van der Waals surface area contributed by atoms with Crippen molar-refractivity contribution in [2.75, 3.05) is 24.3 Å². The smallest absolute Gasteiger partial charge is 0.323 e. The molecule has 0 aliphatic heterocycles. The van der Waals surface area contributed by atoms with Crippen LogP contribution in [0.3, 0.4) is 0 Å². The summed E-state index contributed by atoms with van der Waals surface area (Å²) in [4.78, 5) is 14.9. The van der Waals surface area contributed by atoms with Gasteiger partial charge in [0.25, 0.3) is 0 Å². The fraction of sp³-hybridized carbons (Fsp3) is 0.400. The monoisotopic (exact) mass is 287 g/mol. The van der Waals surface area contributed by atoms with Crippen LogP contribution in [-0.2, 0) is 6.54 Å². The van der Waals surface area contributed by atoms with Crippen LogP contribution in [0.5, 0.6) is 6.01 Å². The van der Waals surface area contributed by atoms with E-state index in [9.17, 15) is 0 Å². The fourth-order valence-corrected chi connectivity index (χ4v) is 1.82. The van der Waals surface area contributed by atoms with Crippen LogP contribution in [0.1, 0.15) is 19.4 Å². The summed E-state index contributed by atoms with van der Waals surface area (Å²) in [6.07, 6.45) is 0.0179. The lowest BCUT2D eigenvalue weighted by molar-refractivity contribution is 0.222. The Bertz CT molecular complexity index is 574. The maximum Gasteiger partial charge on any atom is 0.323 e. The van der Waals surface area contributed by atoms with E-state index in [0.717, 1.165) is 6.54 Å². The Hall–Kier alpha value is -2.37. The molecule has 0 saturated heterocycles. The maximum absolute atomic E-state index is 5.57. The zero-order valence-corrected chi connectivity index (χ0v) is 12.9. The van der Waals surface area contributed by atoms with E-state index >= 15 is 0 Å². The Kier molecular flexibility index (Phi) is 4.92. The molecule has 1 heterocycles. The van der Waals surface area contributed by atoms with Crippen LogP contribution in [0.4, 0.5) is 11.9 Å². The lowest BCUT2D eigenvalue weighted by atomic mass is 10.2. The lowest BCUT2D eigenvalue weighted by Gasteiger charge is -2.18. The van der Waals surface area contributed by atoms with Gasteiger partial charge in [0, 0.05) is 20.6 Å². The second kappa shape index (κ2) is 6.88. The Morgan fingerprint density at radius 2 is 1.86 bits per heavy atom. The number of nitrogens with zero attached hydrogens (tertiary/aromatic N) is 4. The molecule has 2 aromatic rings. The summed E-state index contributed by atoms with van der Waals surface area (Å²) >= 11 is 0. The first-order valence-corrected chi connectivity index (χ1v) is 6.94. The predicted octanol–water partition coefficient (Wildman–Crippen LogP) is 2.34. The molecule has 6 nitrogen and oxygen atoms in total. The van der Waals surface area contributed by atoms with Crippen molar-refractivity contribution >= 4 is 11.9 Å². The standard InChI is InChI=1S/C15H21N5O/c1-11(2)21-15-18-13(16-3)17-14(19-15)20(4)10-12-8-6-5-7-9-12/h5-9,11H,10H2,1-4H3,(H,16,17,18,19). The zero-order chi connectivity index (χ0) is 15.2. The predicted molar refractivity (Wildman–Crippen MR) is 83.7 cm³/mol. The highest BCUT2D eigenvalue weighted by molar-refractivity contribution is 5.38. The van der Waals surface area contributed by atoms with Gasteiger partial charge in [-0.15, -0.1) is 0 Å². The first kappa shape index (κ1) is 15.0. The van der Waals surface area contributed by atoms with Gasteiger partial charge in [-0.2, -0.15) is 15.0 Å². The summed E-state index contributed by atoms with van der Waals surface area (Å²) in [7, 11) is 3.72. The van der Waals surface area contributed by atoms with Crippen molar-refractivity contribution in [3.63, 3.8) is 0 Å². The second-order valence-electron chi connectivity index (χ2n) is 5.00. The Balaban J connectivity index is 2.21. The third kappa shape index (κ3) is 4.30. The second-order valence-corrected chi connectivity index (χ2v) is 5.00. The molecular weight excluding hydrogens is 266 g/mol. The van der Waals surface area contributed by atoms with E-state index in [4.69, 9.17) is 4.74 Å². The van der Waals surface area contributed by atoms with E-state index in [0.29, 0.717) is 17.9 Å². The van der Waals surface area contributed by atoms with Gasteiger partial charge in [0.1, 0.15) is 0 Å². The number of ether oxygens (including phenoxy) is 1. The minimum atomic E-state index is 0.0179. The summed E-state index contributed by atoms with van der Waals surface area (Å²) in [6.45, 7) is 4.60. The fourth-order valence-electron chi connectivity index (χ4n) is 1.82. The molecule has 0 radical (unpaired) electrons. The molecule has 1 aromatic heterocycles. The highest BCUT2D eigenvalue weighted by Gasteiger charge is 2.12. The van der Waals surface area contributed by atoms with Crippen LogP contribution in [-0.4, -0.2) is 35.2 Å². The quantitative estimate of drug-likeness (QED) is 0.880. The number of anilines is 2. The summed E-state index contributed by atoms with van der Waals surface area (Å²) < 4.78 is 5.57. The number of aromatic nitrogens is 3. The molecule has 1 aromatic carbocycles. The Morgan fingerprint density at radius 1 is 1.14 bits per heavy atom. The SMILES string of the molecule is CNc1nc(OC(C)C)nc(N(C)Cc2ccccc2)n1. The molecule has 0 saturated carbocycles. The minimum absolute atomic E-state index is 0.0179. The minimum Gasteiger partial charge on any atom is -0.461 e. The van der Waals surface area contributed by atoms with Crippen LogP contribution < -0.4 is 15.0 Å². The summed E-state index contributed by atoms with van der Waals surface area (Å²) in [5, 5.41) is 2.93. The molecule has 112 valence electrons. The third-order valence-electron chi connectivity index (χ3n) is 2.77. The van der Waals surface area contributed by atoms with Gasteiger partial charge >= 0.3 is 6.01 Å². The van der Waals surface area contributed by atoms with Crippen LogP contribution in [0.15, 0.2) is 30.3 Å². The van der Waals surface area contributed by atoms with Crippen LogP contribution in [0.2, 0.25) is 0 Å². The van der Waals surface area contributed by atoms with Crippen molar-refractivity contribution in [1.29, 1.82) is 0 Å². The molecule has 0 aliphatic carbocycles. The Labute approximate surface area is 125 Å². The Morgan fingerprint density at radius 3 is 2.48 bits per heavy atom. The highest BCUT2D eigenvalue weighted by Crippen LogP contribution is 2.16. The lowest BCUT2D eigenvalue weighted by Crippen LogP contribution is -2.21. The van der Waals surface area contributed by atoms with Crippen LogP contribution in [0.25, 0.3) is 0 Å². The third-order valence-corrected chi connectivity index (χ3v) is 2.77. The van der Waals surface area contributed by atoms with Gasteiger partial charge in [0.05, 0.1) is 6.10 Å². The molecular formula is C15H21N5O. The largest absolute Gasteiger partial charge is 0.461 e. The highest BCUT2D eigenvalue weighted by atomic mass is 16.5. The van der Waals surface area contributed by atoms with Crippen LogP contribution in [0, 0.1) is 0 Å². The van der Waals surface area contributed by atoms with Crippen LogP contribution >= 0.6 is 0 Å². The molecule has 0 fully saturated rings. The van der Waals surface area contributed by atoms with E-state index in [1.807, 2.05) is 44.0 Å². The zero-order valence-electron chi connectivity index (χ0n) is 12.9. The van der Waals surface area contributed by atoms with Crippen molar-refractivity contribution in [3.8, 4) is 6.01 Å². The molecule has 2 rings (SSSR count). The van der Waals surface area contributed by atoms with E-state index in [1.165, 1.54) is 5.56 Å². The van der Waals surface area contributed by atoms with Gasteiger partial charge in [-0.05, 0) is 19.4 Å². The van der Waals surface area contributed by atoms with Crippen molar-refractivity contribution in [1.82, 2.24) is 15.0 Å². The molecule has 1 N–H and O–H groups in total. The number of rotatable bonds is 6. The van der Waals surface area contributed by atoms with Gasteiger partial charge in [-0.25, -0.2) is 0 Å². The van der Waals surface area contributed by atoms with Crippen molar-refractivity contribution < 1.29 is 4.74 Å².